The Morgan fingerprint density at radius 2 is 1.80 bits per heavy atom. The van der Waals surface area contributed by atoms with E-state index in [1.165, 1.54) is 16.7 Å². The van der Waals surface area contributed by atoms with Crippen molar-refractivity contribution in [2.45, 2.75) is 39.7 Å². The van der Waals surface area contributed by atoms with Crippen LogP contribution in [0.5, 0.6) is 5.75 Å². The van der Waals surface area contributed by atoms with Crippen molar-refractivity contribution >= 4 is 0 Å². The predicted octanol–water partition coefficient (Wildman–Crippen LogP) is 3.11. The molecule has 0 heterocycles. The third-order valence-electron chi connectivity index (χ3n) is 2.71. The summed E-state index contributed by atoms with van der Waals surface area (Å²) in [5.74, 6) is 0.974. The molecule has 2 N–H and O–H groups in total. The Morgan fingerprint density at radius 1 is 1.27 bits per heavy atom. The molecule has 2 nitrogen and oxygen atoms in total. The molecule has 1 aromatic carbocycles. The van der Waals surface area contributed by atoms with Gasteiger partial charge in [0.25, 0.3) is 0 Å². The number of nitrogens with two attached hydrogens (primary N) is 1. The molecular formula is C13H21NO. The molecular weight excluding hydrogens is 186 g/mol. The van der Waals surface area contributed by atoms with E-state index in [-0.39, 0.29) is 6.04 Å². The van der Waals surface area contributed by atoms with Gasteiger partial charge in [0.2, 0.25) is 0 Å². The highest BCUT2D eigenvalue weighted by Gasteiger charge is 2.09. The maximum absolute atomic E-state index is 6.09. The Hall–Kier alpha value is -1.02. The summed E-state index contributed by atoms with van der Waals surface area (Å²) in [5.41, 5.74) is 9.64. The van der Waals surface area contributed by atoms with Gasteiger partial charge in [0, 0.05) is 6.04 Å². The Bertz CT molecular complexity index is 310. The molecule has 1 aromatic rings. The van der Waals surface area contributed by atoms with Gasteiger partial charge in [-0.3, -0.25) is 0 Å². The number of aryl methyl sites for hydroxylation is 2. The quantitative estimate of drug-likeness (QED) is 0.823. The summed E-state index contributed by atoms with van der Waals surface area (Å²) in [4.78, 5) is 0. The van der Waals surface area contributed by atoms with Crippen molar-refractivity contribution in [3.05, 3.63) is 28.8 Å². The van der Waals surface area contributed by atoms with Gasteiger partial charge in [-0.15, -0.1) is 0 Å². The van der Waals surface area contributed by atoms with Crippen LogP contribution < -0.4 is 10.5 Å². The number of benzene rings is 1. The molecule has 0 aromatic heterocycles. The highest BCUT2D eigenvalue weighted by molar-refractivity contribution is 5.44. The lowest BCUT2D eigenvalue weighted by atomic mass is 9.98. The Labute approximate surface area is 92.4 Å². The Balaban J connectivity index is 3.02. The average Bonchev–Trinajstić information content (AvgIpc) is 2.17. The molecule has 15 heavy (non-hydrogen) atoms. The molecule has 0 bridgehead atoms. The summed E-state index contributed by atoms with van der Waals surface area (Å²) in [6.45, 7) is 6.28. The molecule has 0 amide bonds. The first-order chi connectivity index (χ1) is 7.10. The molecule has 0 aliphatic heterocycles. The lowest BCUT2D eigenvalue weighted by molar-refractivity contribution is 0.408. The molecule has 0 aliphatic rings. The van der Waals surface area contributed by atoms with Gasteiger partial charge in [-0.2, -0.15) is 0 Å². The largest absolute Gasteiger partial charge is 0.496 e. The fourth-order valence-electron chi connectivity index (χ4n) is 2.00. The second-order valence-electron chi connectivity index (χ2n) is 4.08. The molecule has 0 saturated heterocycles. The molecule has 0 saturated carbocycles. The molecule has 0 radical (unpaired) electrons. The highest BCUT2D eigenvalue weighted by Crippen LogP contribution is 2.27. The van der Waals surface area contributed by atoms with E-state index in [1.54, 1.807) is 7.11 Å². The first-order valence-corrected chi connectivity index (χ1v) is 5.50. The summed E-state index contributed by atoms with van der Waals surface area (Å²) in [5, 5.41) is 0. The second kappa shape index (κ2) is 5.17. The van der Waals surface area contributed by atoms with Crippen molar-refractivity contribution in [3.8, 4) is 5.75 Å². The molecule has 0 aliphatic carbocycles. The standard InChI is InChI=1S/C13H21NO/c1-5-6-12(14)11-7-9(2)13(15-4)10(3)8-11/h7-8,12H,5-6,14H2,1-4H3. The smallest absolute Gasteiger partial charge is 0.124 e. The molecule has 0 spiro atoms. The molecule has 1 unspecified atom stereocenters. The lowest BCUT2D eigenvalue weighted by Gasteiger charge is -2.15. The maximum atomic E-state index is 6.09. The summed E-state index contributed by atoms with van der Waals surface area (Å²) in [7, 11) is 1.71. The first kappa shape index (κ1) is 12.1. The van der Waals surface area contributed by atoms with Crippen LogP contribution in [0.4, 0.5) is 0 Å². The molecule has 1 rings (SSSR count). The zero-order valence-electron chi connectivity index (χ0n) is 10.1. The lowest BCUT2D eigenvalue weighted by Crippen LogP contribution is -2.10. The number of ether oxygens (including phenoxy) is 1. The zero-order valence-corrected chi connectivity index (χ0v) is 10.1. The SMILES string of the molecule is CCCC(N)c1cc(C)c(OC)c(C)c1. The molecule has 0 fully saturated rings. The maximum Gasteiger partial charge on any atom is 0.124 e. The summed E-state index contributed by atoms with van der Waals surface area (Å²) >= 11 is 0. The van der Waals surface area contributed by atoms with Gasteiger partial charge in [0.15, 0.2) is 0 Å². The van der Waals surface area contributed by atoms with Crippen LogP contribution in [-0.4, -0.2) is 7.11 Å². The molecule has 2 heteroatoms. The fourth-order valence-corrected chi connectivity index (χ4v) is 2.00. The summed E-state index contributed by atoms with van der Waals surface area (Å²) in [6.07, 6.45) is 2.15. The van der Waals surface area contributed by atoms with Crippen LogP contribution in [0.2, 0.25) is 0 Å². The van der Waals surface area contributed by atoms with Crippen LogP contribution in [0, 0.1) is 13.8 Å². The van der Waals surface area contributed by atoms with Gasteiger partial charge in [0.1, 0.15) is 5.75 Å². The van der Waals surface area contributed by atoms with E-state index in [2.05, 4.69) is 32.9 Å². The van der Waals surface area contributed by atoms with Crippen molar-refractivity contribution in [1.29, 1.82) is 0 Å². The van der Waals surface area contributed by atoms with Crippen molar-refractivity contribution in [2.75, 3.05) is 7.11 Å². The van der Waals surface area contributed by atoms with Gasteiger partial charge in [-0.05, 0) is 37.0 Å². The van der Waals surface area contributed by atoms with E-state index in [0.29, 0.717) is 0 Å². The van der Waals surface area contributed by atoms with Crippen LogP contribution in [0.1, 0.15) is 42.5 Å². The summed E-state index contributed by atoms with van der Waals surface area (Å²) in [6, 6.07) is 4.41. The number of hydrogen-bond donors (Lipinski definition) is 1. The van der Waals surface area contributed by atoms with Crippen LogP contribution >= 0.6 is 0 Å². The van der Waals surface area contributed by atoms with Crippen molar-refractivity contribution in [1.82, 2.24) is 0 Å². The van der Waals surface area contributed by atoms with E-state index < -0.39 is 0 Å². The summed E-state index contributed by atoms with van der Waals surface area (Å²) < 4.78 is 5.33. The topological polar surface area (TPSA) is 35.2 Å². The number of methoxy groups -OCH3 is 1. The van der Waals surface area contributed by atoms with E-state index >= 15 is 0 Å². The van der Waals surface area contributed by atoms with Crippen molar-refractivity contribution in [3.63, 3.8) is 0 Å². The minimum atomic E-state index is 0.151. The normalized spacial score (nSPS) is 12.6. The first-order valence-electron chi connectivity index (χ1n) is 5.50. The van der Waals surface area contributed by atoms with Gasteiger partial charge in [0.05, 0.1) is 7.11 Å². The van der Waals surface area contributed by atoms with Crippen LogP contribution in [-0.2, 0) is 0 Å². The molecule has 84 valence electrons. The minimum absolute atomic E-state index is 0.151. The van der Waals surface area contributed by atoms with Gasteiger partial charge >= 0.3 is 0 Å². The Morgan fingerprint density at radius 3 is 2.20 bits per heavy atom. The average molecular weight is 207 g/mol. The van der Waals surface area contributed by atoms with E-state index in [9.17, 15) is 0 Å². The number of rotatable bonds is 4. The Kier molecular flexibility index (Phi) is 4.15. The zero-order chi connectivity index (χ0) is 11.4. The van der Waals surface area contributed by atoms with Crippen LogP contribution in [0.3, 0.4) is 0 Å². The second-order valence-corrected chi connectivity index (χ2v) is 4.08. The van der Waals surface area contributed by atoms with E-state index in [0.717, 1.165) is 18.6 Å². The minimum Gasteiger partial charge on any atom is -0.496 e. The predicted molar refractivity (Wildman–Crippen MR) is 64.3 cm³/mol. The number of hydrogen-bond acceptors (Lipinski definition) is 2. The van der Waals surface area contributed by atoms with Gasteiger partial charge in [-0.25, -0.2) is 0 Å². The highest BCUT2D eigenvalue weighted by atomic mass is 16.5. The van der Waals surface area contributed by atoms with Crippen LogP contribution in [0.25, 0.3) is 0 Å². The molecule has 1 atom stereocenters. The third kappa shape index (κ3) is 2.72. The monoisotopic (exact) mass is 207 g/mol. The van der Waals surface area contributed by atoms with Gasteiger partial charge < -0.3 is 10.5 Å². The van der Waals surface area contributed by atoms with E-state index in [4.69, 9.17) is 10.5 Å². The van der Waals surface area contributed by atoms with Crippen molar-refractivity contribution in [2.24, 2.45) is 5.73 Å². The van der Waals surface area contributed by atoms with Crippen molar-refractivity contribution < 1.29 is 4.74 Å². The van der Waals surface area contributed by atoms with Gasteiger partial charge in [-0.1, -0.05) is 25.5 Å². The van der Waals surface area contributed by atoms with E-state index in [1.807, 2.05) is 0 Å². The van der Waals surface area contributed by atoms with Crippen LogP contribution in [0.15, 0.2) is 12.1 Å². The third-order valence-corrected chi connectivity index (χ3v) is 2.71. The fraction of sp³-hybridized carbons (Fsp3) is 0.538.